The molecule has 9 nitrogen and oxygen atoms in total. The van der Waals surface area contributed by atoms with Gasteiger partial charge in [0.05, 0.1) is 5.69 Å². The Morgan fingerprint density at radius 3 is 2.59 bits per heavy atom. The molecule has 1 aliphatic heterocycles. The van der Waals surface area contributed by atoms with Gasteiger partial charge in [-0.3, -0.25) is 5.32 Å². The molecule has 1 aromatic carbocycles. The number of nitriles is 2. The number of aliphatic imine (C=N–C) groups is 1. The molecule has 2 aromatic rings. The molecule has 148 valence electrons. The Bertz CT molecular complexity index is 1100. The Balaban J connectivity index is 2.16. The summed E-state index contributed by atoms with van der Waals surface area (Å²) in [5.41, 5.74) is 12.5. The number of pyridine rings is 1. The van der Waals surface area contributed by atoms with Crippen LogP contribution in [-0.2, 0) is 0 Å². The predicted octanol–water partition coefficient (Wildman–Crippen LogP) is 2.72. The van der Waals surface area contributed by atoms with Gasteiger partial charge in [0.25, 0.3) is 0 Å². The highest BCUT2D eigenvalue weighted by molar-refractivity contribution is 9.10. The Kier molecular flexibility index (Phi) is 5.09. The zero-order chi connectivity index (χ0) is 21.3. The van der Waals surface area contributed by atoms with Gasteiger partial charge in [-0.1, -0.05) is 22.0 Å². The zero-order valence-electron chi connectivity index (χ0n) is 14.2. The molecule has 29 heavy (non-hydrogen) atoms. The van der Waals surface area contributed by atoms with Gasteiger partial charge < -0.3 is 21.5 Å². The van der Waals surface area contributed by atoms with Crippen LogP contribution in [0.1, 0.15) is 22.7 Å². The molecule has 0 radical (unpaired) electrons. The first-order valence-electron chi connectivity index (χ1n) is 7.68. The largest absolute Gasteiger partial charge is 0.573 e. The predicted molar refractivity (Wildman–Crippen MR) is 100 cm³/mol. The number of nitrogens with two attached hydrogens (primary N) is 2. The van der Waals surface area contributed by atoms with Crippen LogP contribution in [0.15, 0.2) is 27.7 Å². The molecule has 1 unspecified atom stereocenters. The van der Waals surface area contributed by atoms with E-state index in [2.05, 4.69) is 41.3 Å². The van der Waals surface area contributed by atoms with Crippen LogP contribution in [0.25, 0.3) is 0 Å². The average Bonchev–Trinajstić information content (AvgIpc) is 2.60. The summed E-state index contributed by atoms with van der Waals surface area (Å²) >= 11 is 3.20. The van der Waals surface area contributed by atoms with Gasteiger partial charge in [-0.05, 0) is 17.7 Å². The van der Waals surface area contributed by atoms with E-state index in [0.717, 1.165) is 12.1 Å². The first kappa shape index (κ1) is 20.0. The van der Waals surface area contributed by atoms with E-state index in [1.54, 1.807) is 6.19 Å². The molecule has 0 bridgehead atoms. The van der Waals surface area contributed by atoms with Crippen molar-refractivity contribution in [3.8, 4) is 18.0 Å². The maximum Gasteiger partial charge on any atom is 0.573 e. The summed E-state index contributed by atoms with van der Waals surface area (Å²) in [6, 6.07) is 4.52. The SMILES string of the molecule is N#CNC1=NC(c2ccc(OC(F)(F)F)cc2Br)c2c(nc(N)c(C#N)c2N)N1. The molecule has 0 saturated heterocycles. The molecule has 0 aliphatic carbocycles. The lowest BCUT2D eigenvalue weighted by Crippen LogP contribution is -2.32. The monoisotopic (exact) mass is 466 g/mol. The number of ether oxygens (including phenoxy) is 1. The molecule has 2 heterocycles. The van der Waals surface area contributed by atoms with E-state index >= 15 is 0 Å². The summed E-state index contributed by atoms with van der Waals surface area (Å²) < 4.78 is 41.5. The molecular weight excluding hydrogens is 457 g/mol. The number of guanidine groups is 1. The fraction of sp³-hybridized carbons (Fsp3) is 0.125. The Morgan fingerprint density at radius 2 is 2.00 bits per heavy atom. The first-order valence-corrected chi connectivity index (χ1v) is 8.48. The third-order valence-corrected chi connectivity index (χ3v) is 4.54. The number of nitrogens with zero attached hydrogens (tertiary/aromatic N) is 4. The standard InChI is InChI=1S/C16H10BrF3N8O/c17-9-3-6(29-16(18,19)20)1-2-7(9)12-10-11(23)8(4-21)13(24)27-14(10)28-15(26-12)25-5-22/h1-3,12H,(H6,23,24,25,26,27,28). The van der Waals surface area contributed by atoms with Gasteiger partial charge in [0, 0.05) is 10.0 Å². The van der Waals surface area contributed by atoms with Crippen molar-refractivity contribution in [2.75, 3.05) is 16.8 Å². The smallest absolute Gasteiger partial charge is 0.406 e. The second-order valence-corrected chi connectivity index (χ2v) is 6.49. The second-order valence-electron chi connectivity index (χ2n) is 5.63. The average molecular weight is 467 g/mol. The fourth-order valence-corrected chi connectivity index (χ4v) is 3.31. The van der Waals surface area contributed by atoms with E-state index in [0.29, 0.717) is 5.56 Å². The van der Waals surface area contributed by atoms with E-state index in [1.165, 1.54) is 6.07 Å². The molecule has 6 N–H and O–H groups in total. The van der Waals surface area contributed by atoms with E-state index in [9.17, 15) is 18.4 Å². The Morgan fingerprint density at radius 1 is 1.28 bits per heavy atom. The molecular formula is C16H10BrF3N8O. The minimum atomic E-state index is -4.85. The van der Waals surface area contributed by atoms with Gasteiger partial charge in [-0.2, -0.15) is 10.5 Å². The third kappa shape index (κ3) is 3.95. The molecule has 1 atom stereocenters. The van der Waals surface area contributed by atoms with Crippen LogP contribution in [0.2, 0.25) is 0 Å². The maximum atomic E-state index is 12.5. The summed E-state index contributed by atoms with van der Waals surface area (Å²) in [4.78, 5) is 8.42. The first-order chi connectivity index (χ1) is 13.6. The maximum absolute atomic E-state index is 12.5. The summed E-state index contributed by atoms with van der Waals surface area (Å²) in [5.74, 6) is -0.397. The number of nitrogen functional groups attached to an aromatic ring is 2. The summed E-state index contributed by atoms with van der Waals surface area (Å²) in [6.07, 6.45) is -3.15. The number of alkyl halides is 3. The second kappa shape index (κ2) is 7.37. The van der Waals surface area contributed by atoms with Gasteiger partial charge in [-0.25, -0.2) is 9.98 Å². The van der Waals surface area contributed by atoms with Crippen LogP contribution in [-0.4, -0.2) is 17.3 Å². The van der Waals surface area contributed by atoms with Crippen molar-refractivity contribution in [1.29, 1.82) is 10.5 Å². The minimum absolute atomic E-state index is 0.00905. The lowest BCUT2D eigenvalue weighted by molar-refractivity contribution is -0.274. The van der Waals surface area contributed by atoms with E-state index in [-0.39, 0.29) is 38.9 Å². The number of hydrogen-bond acceptors (Lipinski definition) is 9. The summed E-state index contributed by atoms with van der Waals surface area (Å²) in [7, 11) is 0. The normalized spacial score (nSPS) is 15.2. The number of halogens is 4. The molecule has 0 saturated carbocycles. The quantitative estimate of drug-likeness (QED) is 0.388. The van der Waals surface area contributed by atoms with Crippen LogP contribution >= 0.6 is 15.9 Å². The Hall–Kier alpha value is -3.71. The van der Waals surface area contributed by atoms with Crippen molar-refractivity contribution in [1.82, 2.24) is 10.3 Å². The molecule has 1 aromatic heterocycles. The van der Waals surface area contributed by atoms with Crippen LogP contribution in [0.4, 0.5) is 30.5 Å². The van der Waals surface area contributed by atoms with E-state index in [1.807, 2.05) is 6.07 Å². The highest BCUT2D eigenvalue weighted by atomic mass is 79.9. The van der Waals surface area contributed by atoms with Gasteiger partial charge in [-0.15, -0.1) is 13.2 Å². The van der Waals surface area contributed by atoms with Crippen molar-refractivity contribution in [3.05, 3.63) is 39.4 Å². The van der Waals surface area contributed by atoms with Crippen LogP contribution in [0, 0.1) is 22.8 Å². The van der Waals surface area contributed by atoms with E-state index in [4.69, 9.17) is 16.7 Å². The van der Waals surface area contributed by atoms with Crippen molar-refractivity contribution < 1.29 is 17.9 Å². The minimum Gasteiger partial charge on any atom is -0.406 e. The Labute approximate surface area is 169 Å². The van der Waals surface area contributed by atoms with Crippen molar-refractivity contribution >= 4 is 39.2 Å². The van der Waals surface area contributed by atoms with E-state index < -0.39 is 18.2 Å². The number of rotatable bonds is 2. The fourth-order valence-electron chi connectivity index (χ4n) is 2.73. The van der Waals surface area contributed by atoms with Crippen molar-refractivity contribution in [2.45, 2.75) is 12.4 Å². The van der Waals surface area contributed by atoms with Crippen molar-refractivity contribution in [3.63, 3.8) is 0 Å². The molecule has 0 amide bonds. The number of fused-ring (bicyclic) bond motifs is 1. The lowest BCUT2D eigenvalue weighted by Gasteiger charge is -2.27. The molecule has 0 fully saturated rings. The number of aromatic nitrogens is 1. The van der Waals surface area contributed by atoms with Gasteiger partial charge in [0.15, 0.2) is 6.19 Å². The number of anilines is 3. The topological polar surface area (TPSA) is 158 Å². The highest BCUT2D eigenvalue weighted by Gasteiger charge is 2.33. The number of benzene rings is 1. The summed E-state index contributed by atoms with van der Waals surface area (Å²) in [5, 5.41) is 23.2. The zero-order valence-corrected chi connectivity index (χ0v) is 15.8. The van der Waals surface area contributed by atoms with Crippen LogP contribution in [0.5, 0.6) is 5.75 Å². The number of nitrogens with one attached hydrogen (secondary N) is 2. The third-order valence-electron chi connectivity index (χ3n) is 3.86. The lowest BCUT2D eigenvalue weighted by atomic mass is 9.95. The highest BCUT2D eigenvalue weighted by Crippen LogP contribution is 2.43. The number of hydrogen-bond donors (Lipinski definition) is 4. The van der Waals surface area contributed by atoms with Crippen LogP contribution in [0.3, 0.4) is 0 Å². The molecule has 1 aliphatic rings. The summed E-state index contributed by atoms with van der Waals surface area (Å²) in [6.45, 7) is 0. The molecule has 13 heteroatoms. The van der Waals surface area contributed by atoms with Gasteiger partial charge in [0.1, 0.15) is 35.1 Å². The molecule has 3 rings (SSSR count). The van der Waals surface area contributed by atoms with Crippen LogP contribution < -0.4 is 26.8 Å². The van der Waals surface area contributed by atoms with Gasteiger partial charge in [0.2, 0.25) is 5.96 Å². The van der Waals surface area contributed by atoms with Gasteiger partial charge >= 0.3 is 6.36 Å². The molecule has 0 spiro atoms. The van der Waals surface area contributed by atoms with Crippen molar-refractivity contribution in [2.24, 2.45) is 4.99 Å².